The summed E-state index contributed by atoms with van der Waals surface area (Å²) in [5.41, 5.74) is 1.34. The van der Waals surface area contributed by atoms with E-state index < -0.39 is 0 Å². The molecule has 0 unspecified atom stereocenters. The number of nitrogens with one attached hydrogen (secondary N) is 1. The molecule has 1 N–H and O–H groups in total. The van der Waals surface area contributed by atoms with Crippen molar-refractivity contribution in [1.82, 2.24) is 5.32 Å². The molecule has 0 aromatic heterocycles. The third kappa shape index (κ3) is 16.5. The fourth-order valence-corrected chi connectivity index (χ4v) is 4.10. The number of rotatable bonds is 20. The van der Waals surface area contributed by atoms with Gasteiger partial charge in [-0.05, 0) is 25.8 Å². The van der Waals surface area contributed by atoms with Gasteiger partial charge in [0.1, 0.15) is 0 Å². The highest BCUT2D eigenvalue weighted by atomic mass is 35.5. The minimum Gasteiger partial charge on any atom is -0.308 e. The molecule has 4 nitrogen and oxygen atoms in total. The Kier molecular flexibility index (Phi) is 18.7. The van der Waals surface area contributed by atoms with Gasteiger partial charge in [-0.1, -0.05) is 115 Å². The Hall–Kier alpha value is -1.13. The number of nitrogens with zero attached hydrogens (tertiary/aromatic N) is 1. The van der Waals surface area contributed by atoms with Crippen LogP contribution in [-0.2, 0) is 6.54 Å². The molecule has 32 heavy (non-hydrogen) atoms. The number of non-ortho nitro benzene ring substituents is 1. The van der Waals surface area contributed by atoms with Crippen molar-refractivity contribution in [2.45, 2.75) is 136 Å². The molecule has 0 aliphatic rings. The lowest BCUT2D eigenvalue weighted by atomic mass is 9.95. The average molecular weight is 469 g/mol. The minimum absolute atomic E-state index is 0. The van der Waals surface area contributed by atoms with Gasteiger partial charge in [0.25, 0.3) is 5.69 Å². The number of halogens is 1. The van der Waals surface area contributed by atoms with E-state index in [1.807, 2.05) is 12.1 Å². The van der Waals surface area contributed by atoms with Crippen LogP contribution in [0.3, 0.4) is 0 Å². The Balaban J connectivity index is 0.00000961. The van der Waals surface area contributed by atoms with Gasteiger partial charge in [0.05, 0.1) is 4.92 Å². The van der Waals surface area contributed by atoms with Crippen LogP contribution in [0.25, 0.3) is 0 Å². The molecular formula is C27H49ClN2O2. The van der Waals surface area contributed by atoms with E-state index in [2.05, 4.69) is 26.1 Å². The molecule has 0 aliphatic heterocycles. The topological polar surface area (TPSA) is 55.2 Å². The first-order chi connectivity index (χ1) is 14.9. The molecule has 0 bridgehead atoms. The lowest BCUT2D eigenvalue weighted by Crippen LogP contribution is -2.38. The predicted octanol–water partition coefficient (Wildman–Crippen LogP) is 9.15. The smallest absolute Gasteiger partial charge is 0.269 e. The van der Waals surface area contributed by atoms with Crippen LogP contribution in [0.4, 0.5) is 5.69 Å². The summed E-state index contributed by atoms with van der Waals surface area (Å²) >= 11 is 0. The van der Waals surface area contributed by atoms with Gasteiger partial charge < -0.3 is 5.32 Å². The van der Waals surface area contributed by atoms with Gasteiger partial charge in [-0.2, -0.15) is 0 Å². The van der Waals surface area contributed by atoms with E-state index in [-0.39, 0.29) is 28.6 Å². The average Bonchev–Trinajstić information content (AvgIpc) is 2.75. The molecule has 186 valence electrons. The van der Waals surface area contributed by atoms with Crippen LogP contribution in [0.1, 0.15) is 129 Å². The van der Waals surface area contributed by atoms with Gasteiger partial charge in [-0.3, -0.25) is 10.1 Å². The second-order valence-electron chi connectivity index (χ2n) is 9.86. The highest BCUT2D eigenvalue weighted by Crippen LogP contribution is 2.18. The van der Waals surface area contributed by atoms with Crippen molar-refractivity contribution in [2.24, 2.45) is 0 Å². The molecule has 1 aromatic carbocycles. The van der Waals surface area contributed by atoms with Crippen molar-refractivity contribution in [1.29, 1.82) is 0 Å². The standard InChI is InChI=1S/C27H48N2O2.ClH/c1-4-5-6-7-8-9-10-11-12-13-14-15-16-17-18-23-27(2,3)28-24-25-19-21-26(22-20-25)29(30)31;/h19-22,28H,4-18,23-24H2,1-3H3;1H. The zero-order chi connectivity index (χ0) is 22.8. The molecule has 0 spiro atoms. The van der Waals surface area contributed by atoms with E-state index in [0.29, 0.717) is 0 Å². The number of unbranched alkanes of at least 4 members (excludes halogenated alkanes) is 14. The van der Waals surface area contributed by atoms with Gasteiger partial charge >= 0.3 is 0 Å². The molecule has 0 radical (unpaired) electrons. The van der Waals surface area contributed by atoms with Gasteiger partial charge in [0.15, 0.2) is 0 Å². The van der Waals surface area contributed by atoms with Crippen molar-refractivity contribution in [3.8, 4) is 0 Å². The molecule has 0 heterocycles. The second-order valence-corrected chi connectivity index (χ2v) is 9.86. The molecule has 0 saturated carbocycles. The monoisotopic (exact) mass is 468 g/mol. The first-order valence-corrected chi connectivity index (χ1v) is 12.9. The molecule has 5 heteroatoms. The third-order valence-corrected chi connectivity index (χ3v) is 6.32. The van der Waals surface area contributed by atoms with Gasteiger partial charge in [-0.25, -0.2) is 0 Å². The highest BCUT2D eigenvalue weighted by Gasteiger charge is 2.16. The Morgan fingerprint density at radius 1 is 0.750 bits per heavy atom. The first-order valence-electron chi connectivity index (χ1n) is 12.9. The van der Waals surface area contributed by atoms with Crippen LogP contribution in [0.5, 0.6) is 0 Å². The Labute approximate surface area is 203 Å². The van der Waals surface area contributed by atoms with E-state index in [4.69, 9.17) is 0 Å². The zero-order valence-electron chi connectivity index (χ0n) is 21.0. The Morgan fingerprint density at radius 3 is 1.56 bits per heavy atom. The van der Waals surface area contributed by atoms with E-state index >= 15 is 0 Å². The van der Waals surface area contributed by atoms with Crippen molar-refractivity contribution >= 4 is 18.1 Å². The van der Waals surface area contributed by atoms with Gasteiger partial charge in [0.2, 0.25) is 0 Å². The quantitative estimate of drug-likeness (QED) is 0.118. The van der Waals surface area contributed by atoms with Crippen molar-refractivity contribution in [3.05, 3.63) is 39.9 Å². The summed E-state index contributed by atoms with van der Waals surface area (Å²) in [6, 6.07) is 6.85. The van der Waals surface area contributed by atoms with E-state index in [1.165, 1.54) is 96.3 Å². The van der Waals surface area contributed by atoms with Crippen LogP contribution in [0, 0.1) is 10.1 Å². The summed E-state index contributed by atoms with van der Waals surface area (Å²) in [6.45, 7) is 7.54. The van der Waals surface area contributed by atoms with E-state index in [9.17, 15) is 10.1 Å². The van der Waals surface area contributed by atoms with Crippen LogP contribution in [0.2, 0.25) is 0 Å². The molecule has 0 atom stereocenters. The molecule has 1 rings (SSSR count). The van der Waals surface area contributed by atoms with E-state index in [0.717, 1.165) is 18.5 Å². The SMILES string of the molecule is CCCCCCCCCCCCCCCCCC(C)(C)NCc1ccc([N+](=O)[O-])cc1.Cl. The number of nitro benzene ring substituents is 1. The minimum atomic E-state index is -0.350. The summed E-state index contributed by atoms with van der Waals surface area (Å²) in [6.07, 6.45) is 22.1. The molecule has 1 aromatic rings. The number of hydrogen-bond donors (Lipinski definition) is 1. The second kappa shape index (κ2) is 19.3. The molecule has 0 aliphatic carbocycles. The summed E-state index contributed by atoms with van der Waals surface area (Å²) in [5, 5.41) is 14.3. The molecular weight excluding hydrogens is 420 g/mol. The molecule has 0 amide bonds. The first kappa shape index (κ1) is 30.9. The molecule has 0 fully saturated rings. The number of hydrogen-bond acceptors (Lipinski definition) is 3. The van der Waals surface area contributed by atoms with Crippen LogP contribution in [-0.4, -0.2) is 10.5 Å². The molecule has 0 saturated heterocycles. The Bertz CT molecular complexity index is 576. The highest BCUT2D eigenvalue weighted by molar-refractivity contribution is 5.85. The van der Waals surface area contributed by atoms with Gasteiger partial charge in [0, 0.05) is 24.2 Å². The predicted molar refractivity (Wildman–Crippen MR) is 141 cm³/mol. The summed E-state index contributed by atoms with van der Waals surface area (Å²) in [4.78, 5) is 10.4. The summed E-state index contributed by atoms with van der Waals surface area (Å²) in [7, 11) is 0. The zero-order valence-corrected chi connectivity index (χ0v) is 21.8. The van der Waals surface area contributed by atoms with Gasteiger partial charge in [-0.15, -0.1) is 12.4 Å². The van der Waals surface area contributed by atoms with Crippen LogP contribution >= 0.6 is 12.4 Å². The largest absolute Gasteiger partial charge is 0.308 e. The van der Waals surface area contributed by atoms with Crippen LogP contribution < -0.4 is 5.32 Å². The fraction of sp³-hybridized carbons (Fsp3) is 0.778. The van der Waals surface area contributed by atoms with E-state index in [1.54, 1.807) is 12.1 Å². The number of nitro groups is 1. The number of benzene rings is 1. The van der Waals surface area contributed by atoms with Crippen molar-refractivity contribution in [2.75, 3.05) is 0 Å². The maximum Gasteiger partial charge on any atom is 0.269 e. The maximum atomic E-state index is 10.7. The lowest BCUT2D eigenvalue weighted by Gasteiger charge is -2.26. The Morgan fingerprint density at radius 2 is 1.16 bits per heavy atom. The fourth-order valence-electron chi connectivity index (χ4n) is 4.10. The third-order valence-electron chi connectivity index (χ3n) is 6.32. The summed E-state index contributed by atoms with van der Waals surface area (Å²) in [5.74, 6) is 0. The van der Waals surface area contributed by atoms with Crippen molar-refractivity contribution in [3.63, 3.8) is 0 Å². The van der Waals surface area contributed by atoms with Crippen molar-refractivity contribution < 1.29 is 4.92 Å². The summed E-state index contributed by atoms with van der Waals surface area (Å²) < 4.78 is 0. The lowest BCUT2D eigenvalue weighted by molar-refractivity contribution is -0.384. The maximum absolute atomic E-state index is 10.7. The van der Waals surface area contributed by atoms with Crippen LogP contribution in [0.15, 0.2) is 24.3 Å². The normalized spacial score (nSPS) is 11.3.